The van der Waals surface area contributed by atoms with Crippen LogP contribution in [0.3, 0.4) is 0 Å². The van der Waals surface area contributed by atoms with Crippen LogP contribution >= 0.6 is 35.0 Å². The van der Waals surface area contributed by atoms with Crippen LogP contribution in [-0.4, -0.2) is 44.0 Å². The van der Waals surface area contributed by atoms with Gasteiger partial charge in [-0.1, -0.05) is 59.6 Å². The molecule has 1 saturated heterocycles. The van der Waals surface area contributed by atoms with Crippen molar-refractivity contribution in [2.45, 2.75) is 24.3 Å². The summed E-state index contributed by atoms with van der Waals surface area (Å²) in [5, 5.41) is 3.67. The summed E-state index contributed by atoms with van der Waals surface area (Å²) < 4.78 is 27.0. The van der Waals surface area contributed by atoms with Crippen molar-refractivity contribution in [2.24, 2.45) is 5.92 Å². The Hall–Kier alpha value is -1.25. The Labute approximate surface area is 198 Å². The second-order valence-electron chi connectivity index (χ2n) is 7.46. The van der Waals surface area contributed by atoms with Crippen LogP contribution in [0.5, 0.6) is 0 Å². The number of rotatable bonds is 9. The van der Waals surface area contributed by atoms with E-state index in [1.807, 2.05) is 18.2 Å². The maximum absolute atomic E-state index is 12.8. The van der Waals surface area contributed by atoms with Crippen molar-refractivity contribution < 1.29 is 13.2 Å². The molecule has 0 saturated carbocycles. The van der Waals surface area contributed by atoms with Gasteiger partial charge in [0.1, 0.15) is 0 Å². The van der Waals surface area contributed by atoms with Gasteiger partial charge in [-0.3, -0.25) is 4.79 Å². The Morgan fingerprint density at radius 3 is 2.32 bits per heavy atom. The Kier molecular flexibility index (Phi) is 9.10. The normalized spacial score (nSPS) is 15.7. The highest BCUT2D eigenvalue weighted by atomic mass is 35.5. The van der Waals surface area contributed by atoms with Crippen LogP contribution in [0, 0.1) is 5.92 Å². The van der Waals surface area contributed by atoms with E-state index in [1.54, 1.807) is 30.0 Å². The molecule has 1 aliphatic rings. The molecule has 9 heteroatoms. The molecule has 0 radical (unpaired) electrons. The van der Waals surface area contributed by atoms with Gasteiger partial charge in [0.15, 0.2) is 0 Å². The third-order valence-corrected chi connectivity index (χ3v) is 8.81. The van der Waals surface area contributed by atoms with Crippen molar-refractivity contribution in [3.05, 3.63) is 69.7 Å². The number of carbonyl (C=O) groups is 1. The summed E-state index contributed by atoms with van der Waals surface area (Å²) in [5.74, 6) is 1.37. The lowest BCUT2D eigenvalue weighted by Crippen LogP contribution is -2.43. The fraction of sp³-hybridized carbons (Fsp3) is 0.409. The summed E-state index contributed by atoms with van der Waals surface area (Å²) in [6.45, 7) is 1.26. The SMILES string of the molecule is O=C(NCCSCc1ccccc1)C1CCN(S(=O)(=O)Cc2c(Cl)cccc2Cl)CC1. The molecule has 0 bridgehead atoms. The van der Waals surface area contributed by atoms with Crippen LogP contribution in [-0.2, 0) is 26.3 Å². The lowest BCUT2D eigenvalue weighted by atomic mass is 9.97. The molecule has 0 unspecified atom stereocenters. The number of piperidine rings is 1. The highest BCUT2D eigenvalue weighted by Gasteiger charge is 2.31. The van der Waals surface area contributed by atoms with Crippen LogP contribution in [0.1, 0.15) is 24.0 Å². The molecule has 3 rings (SSSR count). The number of thioether (sulfide) groups is 1. The monoisotopic (exact) mass is 500 g/mol. The minimum atomic E-state index is -3.55. The first-order chi connectivity index (χ1) is 14.9. The van der Waals surface area contributed by atoms with Gasteiger partial charge in [-0.25, -0.2) is 12.7 Å². The molecule has 0 spiro atoms. The van der Waals surface area contributed by atoms with Crippen molar-refractivity contribution in [1.82, 2.24) is 9.62 Å². The van der Waals surface area contributed by atoms with Gasteiger partial charge < -0.3 is 5.32 Å². The third kappa shape index (κ3) is 7.12. The maximum atomic E-state index is 12.8. The maximum Gasteiger partial charge on any atom is 0.223 e. The zero-order chi connectivity index (χ0) is 22.3. The number of nitrogens with zero attached hydrogens (tertiary/aromatic N) is 1. The van der Waals surface area contributed by atoms with Crippen molar-refractivity contribution in [3.63, 3.8) is 0 Å². The van der Waals surface area contributed by atoms with Gasteiger partial charge in [0, 0.05) is 52.7 Å². The van der Waals surface area contributed by atoms with Gasteiger partial charge >= 0.3 is 0 Å². The van der Waals surface area contributed by atoms with Crippen LogP contribution in [0.15, 0.2) is 48.5 Å². The molecule has 0 aromatic heterocycles. The van der Waals surface area contributed by atoms with Gasteiger partial charge in [0.2, 0.25) is 15.9 Å². The number of hydrogen-bond acceptors (Lipinski definition) is 4. The highest BCUT2D eigenvalue weighted by molar-refractivity contribution is 7.98. The Morgan fingerprint density at radius 1 is 1.03 bits per heavy atom. The molecular formula is C22H26Cl2N2O3S2. The summed E-state index contributed by atoms with van der Waals surface area (Å²) in [4.78, 5) is 12.4. The van der Waals surface area contributed by atoms with Gasteiger partial charge in [-0.05, 0) is 30.5 Å². The predicted octanol–water partition coefficient (Wildman–Crippen LogP) is 4.58. The van der Waals surface area contributed by atoms with E-state index < -0.39 is 10.0 Å². The minimum absolute atomic E-state index is 0.00603. The average molecular weight is 502 g/mol. The quantitative estimate of drug-likeness (QED) is 0.511. The van der Waals surface area contributed by atoms with Crippen molar-refractivity contribution >= 4 is 50.9 Å². The van der Waals surface area contributed by atoms with Crippen molar-refractivity contribution in [2.75, 3.05) is 25.4 Å². The first-order valence-electron chi connectivity index (χ1n) is 10.2. The van der Waals surface area contributed by atoms with Crippen LogP contribution < -0.4 is 5.32 Å². The van der Waals surface area contributed by atoms with Crippen LogP contribution in [0.2, 0.25) is 10.0 Å². The summed E-state index contributed by atoms with van der Waals surface area (Å²) in [6, 6.07) is 15.2. The van der Waals surface area contributed by atoms with E-state index in [-0.39, 0.29) is 17.6 Å². The molecule has 0 atom stereocenters. The smallest absolute Gasteiger partial charge is 0.223 e. The van der Waals surface area contributed by atoms with Crippen LogP contribution in [0.25, 0.3) is 0 Å². The van der Waals surface area contributed by atoms with E-state index in [4.69, 9.17) is 23.2 Å². The third-order valence-electron chi connectivity index (χ3n) is 5.26. The molecule has 1 amide bonds. The molecule has 5 nitrogen and oxygen atoms in total. The number of nitrogens with one attached hydrogen (secondary N) is 1. The Balaban J connectivity index is 1.40. The predicted molar refractivity (Wildman–Crippen MR) is 129 cm³/mol. The Morgan fingerprint density at radius 2 is 1.68 bits per heavy atom. The van der Waals surface area contributed by atoms with Crippen molar-refractivity contribution in [3.8, 4) is 0 Å². The lowest BCUT2D eigenvalue weighted by molar-refractivity contribution is -0.125. The van der Waals surface area contributed by atoms with Crippen LogP contribution in [0.4, 0.5) is 0 Å². The first-order valence-corrected chi connectivity index (χ1v) is 13.7. The van der Waals surface area contributed by atoms with Crippen molar-refractivity contribution in [1.29, 1.82) is 0 Å². The topological polar surface area (TPSA) is 66.5 Å². The second kappa shape index (κ2) is 11.6. The summed E-state index contributed by atoms with van der Waals surface area (Å²) in [5.41, 5.74) is 1.68. The molecular weight excluding hydrogens is 475 g/mol. The lowest BCUT2D eigenvalue weighted by Gasteiger charge is -2.30. The summed E-state index contributed by atoms with van der Waals surface area (Å²) in [7, 11) is -3.55. The average Bonchev–Trinajstić information content (AvgIpc) is 2.77. The zero-order valence-electron chi connectivity index (χ0n) is 17.1. The summed E-state index contributed by atoms with van der Waals surface area (Å²) in [6.07, 6.45) is 1.02. The molecule has 0 aliphatic carbocycles. The van der Waals surface area contributed by atoms with E-state index in [0.29, 0.717) is 48.1 Å². The first kappa shape index (κ1) is 24.4. The number of hydrogen-bond donors (Lipinski definition) is 1. The number of amides is 1. The fourth-order valence-electron chi connectivity index (χ4n) is 3.50. The molecule has 1 fully saturated rings. The Bertz CT molecular complexity index is 959. The molecule has 168 valence electrons. The van der Waals surface area contributed by atoms with Gasteiger partial charge in [-0.15, -0.1) is 0 Å². The molecule has 2 aromatic rings. The zero-order valence-corrected chi connectivity index (χ0v) is 20.2. The van der Waals surface area contributed by atoms with E-state index >= 15 is 0 Å². The van der Waals surface area contributed by atoms with E-state index in [9.17, 15) is 13.2 Å². The number of carbonyl (C=O) groups excluding carboxylic acids is 1. The second-order valence-corrected chi connectivity index (χ2v) is 11.3. The number of benzene rings is 2. The van der Waals surface area contributed by atoms with E-state index in [1.165, 1.54) is 9.87 Å². The van der Waals surface area contributed by atoms with E-state index in [2.05, 4.69) is 17.4 Å². The summed E-state index contributed by atoms with van der Waals surface area (Å²) >= 11 is 14.0. The standard InChI is InChI=1S/C22H26Cl2N2O3S2/c23-20-7-4-8-21(24)19(20)16-31(28,29)26-12-9-18(10-13-26)22(27)25-11-14-30-15-17-5-2-1-3-6-17/h1-8,18H,9-16H2,(H,25,27). The van der Waals surface area contributed by atoms with Gasteiger partial charge in [0.25, 0.3) is 0 Å². The van der Waals surface area contributed by atoms with Gasteiger partial charge in [-0.2, -0.15) is 11.8 Å². The fourth-order valence-corrected chi connectivity index (χ4v) is 6.63. The molecule has 2 aromatic carbocycles. The highest BCUT2D eigenvalue weighted by Crippen LogP contribution is 2.29. The largest absolute Gasteiger partial charge is 0.355 e. The molecule has 1 N–H and O–H groups in total. The molecule has 1 heterocycles. The number of halogens is 2. The van der Waals surface area contributed by atoms with E-state index in [0.717, 1.165) is 11.5 Å². The van der Waals surface area contributed by atoms with Gasteiger partial charge in [0.05, 0.1) is 5.75 Å². The number of sulfonamides is 1. The minimum Gasteiger partial charge on any atom is -0.355 e. The molecule has 1 aliphatic heterocycles. The molecule has 31 heavy (non-hydrogen) atoms.